The second-order valence-electron chi connectivity index (χ2n) is 6.62. The van der Waals surface area contributed by atoms with Crippen LogP contribution in [0.25, 0.3) is 5.69 Å². The lowest BCUT2D eigenvalue weighted by molar-refractivity contribution is -0.176. The largest absolute Gasteiger partial charge is 0.411 e. The maximum atomic E-state index is 14.4. The Morgan fingerprint density at radius 2 is 1.83 bits per heavy atom. The molecule has 0 aliphatic heterocycles. The molecule has 1 N–H and O–H groups in total. The first-order valence-electron chi connectivity index (χ1n) is 9.03. The summed E-state index contributed by atoms with van der Waals surface area (Å²) in [6.07, 6.45) is -1.14. The van der Waals surface area contributed by atoms with Crippen LogP contribution in [-0.4, -0.2) is 28.2 Å². The number of alkyl halides is 3. The van der Waals surface area contributed by atoms with Crippen LogP contribution in [0.3, 0.4) is 0 Å². The van der Waals surface area contributed by atoms with E-state index in [1.165, 1.54) is 30.3 Å². The molecule has 0 spiro atoms. The Bertz CT molecular complexity index is 1010. The van der Waals surface area contributed by atoms with Crippen LogP contribution in [0.15, 0.2) is 54.9 Å². The van der Waals surface area contributed by atoms with Crippen LogP contribution in [0.2, 0.25) is 0 Å². The van der Waals surface area contributed by atoms with E-state index in [0.717, 1.165) is 0 Å². The van der Waals surface area contributed by atoms with Crippen molar-refractivity contribution in [3.63, 3.8) is 0 Å². The first-order chi connectivity index (χ1) is 14.2. The number of hydrogen-bond donors (Lipinski definition) is 1. The summed E-state index contributed by atoms with van der Waals surface area (Å²) in [6, 6.07) is 10.7. The molecule has 0 aliphatic rings. The molecular weight excluding hydrogens is 402 g/mol. The smallest absolute Gasteiger partial charge is 0.367 e. The number of hydrogen-bond acceptors (Lipinski definition) is 3. The minimum atomic E-state index is -4.38. The van der Waals surface area contributed by atoms with Gasteiger partial charge in [0, 0.05) is 24.5 Å². The molecule has 0 fully saturated rings. The number of benzene rings is 2. The third-order valence-electron chi connectivity index (χ3n) is 4.30. The van der Waals surface area contributed by atoms with Crippen molar-refractivity contribution >= 4 is 5.91 Å². The van der Waals surface area contributed by atoms with Crippen LogP contribution < -0.4 is 5.32 Å². The summed E-state index contributed by atoms with van der Waals surface area (Å²) in [5, 5.41) is 2.69. The summed E-state index contributed by atoms with van der Waals surface area (Å²) in [5.41, 5.74) is 1.80. The number of carbonyl (C=O) groups excluding carboxylic acids is 1. The number of rotatable bonds is 7. The summed E-state index contributed by atoms with van der Waals surface area (Å²) >= 11 is 0. The van der Waals surface area contributed by atoms with Gasteiger partial charge >= 0.3 is 6.18 Å². The summed E-state index contributed by atoms with van der Waals surface area (Å²) in [5.74, 6) is -0.166. The lowest BCUT2D eigenvalue weighted by Crippen LogP contribution is -2.23. The van der Waals surface area contributed by atoms with Gasteiger partial charge in [-0.15, -0.1) is 0 Å². The molecule has 1 heterocycles. The minimum absolute atomic E-state index is 0.120. The zero-order valence-electron chi connectivity index (χ0n) is 16.0. The number of aromatic nitrogens is 2. The van der Waals surface area contributed by atoms with Crippen LogP contribution in [0.4, 0.5) is 17.6 Å². The van der Waals surface area contributed by atoms with Crippen molar-refractivity contribution in [1.82, 2.24) is 14.9 Å². The standard InChI is InChI=1S/C21H19F4N3O2/c1-14-26-8-9-28(14)19-7-4-16(10-18(19)22)11-27-20(29)17-5-2-15(3-6-17)12-30-13-21(23,24)25/h2-10H,11-13H2,1H3,(H,27,29). The third kappa shape index (κ3) is 5.66. The van der Waals surface area contributed by atoms with Gasteiger partial charge in [0.2, 0.25) is 0 Å². The summed E-state index contributed by atoms with van der Waals surface area (Å²) < 4.78 is 56.9. The zero-order valence-corrected chi connectivity index (χ0v) is 16.0. The summed E-state index contributed by atoms with van der Waals surface area (Å²) in [6.45, 7) is 0.352. The Labute approximate surface area is 170 Å². The normalized spacial score (nSPS) is 11.5. The number of amides is 1. The van der Waals surface area contributed by atoms with E-state index in [9.17, 15) is 22.4 Å². The second-order valence-corrected chi connectivity index (χ2v) is 6.62. The minimum Gasteiger partial charge on any atom is -0.367 e. The van der Waals surface area contributed by atoms with E-state index in [0.29, 0.717) is 28.2 Å². The van der Waals surface area contributed by atoms with Crippen molar-refractivity contribution in [2.75, 3.05) is 6.61 Å². The van der Waals surface area contributed by atoms with Gasteiger partial charge in [-0.3, -0.25) is 4.79 Å². The molecular formula is C21H19F4N3O2. The fourth-order valence-electron chi connectivity index (χ4n) is 2.81. The number of aryl methyl sites for hydroxylation is 1. The van der Waals surface area contributed by atoms with Gasteiger partial charge in [-0.05, 0) is 42.3 Å². The topological polar surface area (TPSA) is 56.2 Å². The molecule has 0 saturated heterocycles. The Hall–Kier alpha value is -3.20. The summed E-state index contributed by atoms with van der Waals surface area (Å²) in [4.78, 5) is 16.3. The molecule has 158 valence electrons. The third-order valence-corrected chi connectivity index (χ3v) is 4.30. The van der Waals surface area contributed by atoms with E-state index in [2.05, 4.69) is 15.0 Å². The van der Waals surface area contributed by atoms with Crippen molar-refractivity contribution in [2.24, 2.45) is 0 Å². The van der Waals surface area contributed by atoms with E-state index in [1.54, 1.807) is 36.0 Å². The number of halogens is 4. The van der Waals surface area contributed by atoms with Gasteiger partial charge in [-0.1, -0.05) is 18.2 Å². The molecule has 0 radical (unpaired) electrons. The molecule has 30 heavy (non-hydrogen) atoms. The first kappa shape index (κ1) is 21.5. The fraction of sp³-hybridized carbons (Fsp3) is 0.238. The van der Waals surface area contributed by atoms with Crippen molar-refractivity contribution < 1.29 is 27.1 Å². The van der Waals surface area contributed by atoms with Crippen molar-refractivity contribution in [2.45, 2.75) is 26.3 Å². The quantitative estimate of drug-likeness (QED) is 0.578. The average Bonchev–Trinajstić information content (AvgIpc) is 3.11. The molecule has 0 aliphatic carbocycles. The predicted molar refractivity (Wildman–Crippen MR) is 102 cm³/mol. The van der Waals surface area contributed by atoms with Gasteiger partial charge in [0.05, 0.1) is 12.3 Å². The lowest BCUT2D eigenvalue weighted by Gasteiger charge is -2.10. The maximum Gasteiger partial charge on any atom is 0.411 e. The van der Waals surface area contributed by atoms with E-state index in [-0.39, 0.29) is 19.1 Å². The number of ether oxygens (including phenoxy) is 1. The molecule has 1 amide bonds. The van der Waals surface area contributed by atoms with E-state index < -0.39 is 18.6 Å². The van der Waals surface area contributed by atoms with Crippen molar-refractivity contribution in [3.8, 4) is 5.69 Å². The van der Waals surface area contributed by atoms with Crippen LogP contribution >= 0.6 is 0 Å². The molecule has 3 aromatic rings. The number of carbonyl (C=O) groups is 1. The lowest BCUT2D eigenvalue weighted by atomic mass is 10.1. The monoisotopic (exact) mass is 421 g/mol. The molecule has 0 atom stereocenters. The molecule has 9 heteroatoms. The average molecular weight is 421 g/mol. The van der Waals surface area contributed by atoms with Gasteiger partial charge in [0.25, 0.3) is 5.91 Å². The van der Waals surface area contributed by atoms with Gasteiger partial charge < -0.3 is 14.6 Å². The Balaban J connectivity index is 1.55. The van der Waals surface area contributed by atoms with Crippen molar-refractivity contribution in [3.05, 3.63) is 83.2 Å². The van der Waals surface area contributed by atoms with Gasteiger partial charge in [-0.25, -0.2) is 9.37 Å². The highest BCUT2D eigenvalue weighted by Crippen LogP contribution is 2.18. The molecule has 0 saturated carbocycles. The van der Waals surface area contributed by atoms with Crippen LogP contribution in [0.1, 0.15) is 27.3 Å². The highest BCUT2D eigenvalue weighted by Gasteiger charge is 2.27. The van der Waals surface area contributed by atoms with Crippen LogP contribution in [0, 0.1) is 12.7 Å². The molecule has 3 rings (SSSR count). The molecule has 2 aromatic carbocycles. The zero-order chi connectivity index (χ0) is 21.7. The second kappa shape index (κ2) is 9.08. The summed E-state index contributed by atoms with van der Waals surface area (Å²) in [7, 11) is 0. The van der Waals surface area contributed by atoms with E-state index in [4.69, 9.17) is 0 Å². The fourth-order valence-corrected chi connectivity index (χ4v) is 2.81. The highest BCUT2D eigenvalue weighted by atomic mass is 19.4. The molecule has 0 bridgehead atoms. The maximum absolute atomic E-state index is 14.4. The van der Waals surface area contributed by atoms with E-state index in [1.807, 2.05) is 0 Å². The number of nitrogens with zero attached hydrogens (tertiary/aromatic N) is 2. The Morgan fingerprint density at radius 3 is 2.43 bits per heavy atom. The van der Waals surface area contributed by atoms with Gasteiger partial charge in [-0.2, -0.15) is 13.2 Å². The number of imidazole rings is 1. The Kier molecular flexibility index (Phi) is 6.51. The molecule has 0 unspecified atom stereocenters. The SMILES string of the molecule is Cc1nccn1-c1ccc(CNC(=O)c2ccc(COCC(F)(F)F)cc2)cc1F. The predicted octanol–water partition coefficient (Wildman–Crippen LogP) is 4.33. The van der Waals surface area contributed by atoms with Crippen LogP contribution in [0.5, 0.6) is 0 Å². The van der Waals surface area contributed by atoms with Crippen molar-refractivity contribution in [1.29, 1.82) is 0 Å². The first-order valence-corrected chi connectivity index (χ1v) is 9.03. The molecule has 5 nitrogen and oxygen atoms in total. The Morgan fingerprint density at radius 1 is 1.13 bits per heavy atom. The van der Waals surface area contributed by atoms with Gasteiger partial charge in [0.1, 0.15) is 18.2 Å². The van der Waals surface area contributed by atoms with Gasteiger partial charge in [0.15, 0.2) is 0 Å². The molecule has 1 aromatic heterocycles. The van der Waals surface area contributed by atoms with E-state index >= 15 is 0 Å². The van der Waals surface area contributed by atoms with Crippen LogP contribution in [-0.2, 0) is 17.9 Å². The number of nitrogens with one attached hydrogen (secondary N) is 1. The highest BCUT2D eigenvalue weighted by molar-refractivity contribution is 5.94.